The van der Waals surface area contributed by atoms with Crippen LogP contribution in [-0.2, 0) is 19.5 Å². The van der Waals surface area contributed by atoms with E-state index in [2.05, 4.69) is 28.1 Å². The number of hydrogen-bond acceptors (Lipinski definition) is 7. The van der Waals surface area contributed by atoms with Gasteiger partial charge in [0.1, 0.15) is 22.6 Å². The lowest BCUT2D eigenvalue weighted by atomic mass is 10.0. The number of benzene rings is 2. The molecule has 0 radical (unpaired) electrons. The molecule has 2 aromatic heterocycles. The largest absolute Gasteiger partial charge is 0.455 e. The summed E-state index contributed by atoms with van der Waals surface area (Å²) >= 11 is 7.76. The molecule has 1 aliphatic heterocycles. The Morgan fingerprint density at radius 3 is 2.80 bits per heavy atom. The summed E-state index contributed by atoms with van der Waals surface area (Å²) in [4.78, 5) is 18.6. The third-order valence-corrected chi connectivity index (χ3v) is 7.28. The molecule has 1 aliphatic rings. The lowest BCUT2D eigenvalue weighted by molar-refractivity contribution is -0.384. The molecule has 0 N–H and O–H groups in total. The predicted molar refractivity (Wildman–Crippen MR) is 136 cm³/mol. The summed E-state index contributed by atoms with van der Waals surface area (Å²) in [6.07, 6.45) is 2.41. The average Bonchev–Trinajstić information content (AvgIpc) is 3.47. The number of nitro benzene ring substituents is 1. The summed E-state index contributed by atoms with van der Waals surface area (Å²) in [6, 6.07) is 20.4. The highest BCUT2D eigenvalue weighted by molar-refractivity contribution is 7.16. The van der Waals surface area contributed by atoms with Crippen molar-refractivity contribution in [2.45, 2.75) is 19.5 Å². The molecule has 0 bridgehead atoms. The zero-order valence-corrected chi connectivity index (χ0v) is 20.1. The topological polar surface area (TPSA) is 95.7 Å². The van der Waals surface area contributed by atoms with Gasteiger partial charge in [0.05, 0.1) is 21.7 Å². The first-order chi connectivity index (χ1) is 17.0. The zero-order chi connectivity index (χ0) is 24.4. The van der Waals surface area contributed by atoms with Crippen LogP contribution in [0.4, 0.5) is 10.7 Å². The normalized spacial score (nSPS) is 13.6. The van der Waals surface area contributed by atoms with E-state index in [4.69, 9.17) is 16.0 Å². The second-order valence-electron chi connectivity index (χ2n) is 8.12. The van der Waals surface area contributed by atoms with Gasteiger partial charge in [0.15, 0.2) is 0 Å². The Balaban J connectivity index is 1.34. The maximum Gasteiger partial charge on any atom is 0.270 e. The van der Waals surface area contributed by atoms with E-state index in [0.29, 0.717) is 27.6 Å². The van der Waals surface area contributed by atoms with Crippen LogP contribution in [0.2, 0.25) is 5.02 Å². The molecule has 0 atom stereocenters. The molecular weight excluding hydrogens is 484 g/mol. The molecule has 0 spiro atoms. The first-order valence-electron chi connectivity index (χ1n) is 10.9. The van der Waals surface area contributed by atoms with Crippen molar-refractivity contribution in [2.75, 3.05) is 6.54 Å². The first-order valence-corrected chi connectivity index (χ1v) is 12.1. The van der Waals surface area contributed by atoms with Crippen molar-refractivity contribution in [3.8, 4) is 17.4 Å². The number of aliphatic imine (C=N–C) groups is 1. The van der Waals surface area contributed by atoms with Crippen LogP contribution < -0.4 is 0 Å². The van der Waals surface area contributed by atoms with Gasteiger partial charge in [-0.2, -0.15) is 5.26 Å². The van der Waals surface area contributed by atoms with Gasteiger partial charge in [-0.1, -0.05) is 41.9 Å². The fourth-order valence-corrected chi connectivity index (χ4v) is 5.58. The van der Waals surface area contributed by atoms with Gasteiger partial charge in [-0.25, -0.2) is 4.99 Å². The SMILES string of the molecule is N#Cc1c(N=Cc2ccc(-c3ccc([N+](=O)[O-])cc3Cl)o2)sc2c1CCN(Cc1ccccc1)C2. The molecule has 4 aromatic rings. The quantitative estimate of drug-likeness (QED) is 0.165. The Morgan fingerprint density at radius 1 is 1.23 bits per heavy atom. The highest BCUT2D eigenvalue weighted by Crippen LogP contribution is 2.39. The molecule has 0 aliphatic carbocycles. The van der Waals surface area contributed by atoms with E-state index in [1.807, 2.05) is 18.2 Å². The Morgan fingerprint density at radius 2 is 2.06 bits per heavy atom. The maximum atomic E-state index is 10.9. The van der Waals surface area contributed by atoms with Crippen molar-refractivity contribution in [3.63, 3.8) is 0 Å². The van der Waals surface area contributed by atoms with E-state index in [1.165, 1.54) is 22.6 Å². The lowest BCUT2D eigenvalue weighted by Crippen LogP contribution is -2.29. The highest BCUT2D eigenvalue weighted by atomic mass is 35.5. The van der Waals surface area contributed by atoms with E-state index >= 15 is 0 Å². The minimum Gasteiger partial charge on any atom is -0.455 e. The Labute approximate surface area is 210 Å². The third-order valence-electron chi connectivity index (χ3n) is 5.84. The fourth-order valence-electron chi connectivity index (χ4n) is 4.13. The molecule has 9 heteroatoms. The summed E-state index contributed by atoms with van der Waals surface area (Å²) in [5.41, 5.74) is 3.46. The summed E-state index contributed by atoms with van der Waals surface area (Å²) in [6.45, 7) is 2.57. The summed E-state index contributed by atoms with van der Waals surface area (Å²) in [7, 11) is 0. The molecule has 0 amide bonds. The first kappa shape index (κ1) is 23.0. The predicted octanol–water partition coefficient (Wildman–Crippen LogP) is 6.75. The van der Waals surface area contributed by atoms with Gasteiger partial charge in [-0.3, -0.25) is 15.0 Å². The number of nitriles is 1. The molecule has 174 valence electrons. The molecule has 35 heavy (non-hydrogen) atoms. The van der Waals surface area contributed by atoms with Crippen molar-refractivity contribution in [1.29, 1.82) is 5.26 Å². The van der Waals surface area contributed by atoms with Crippen molar-refractivity contribution in [3.05, 3.63) is 103 Å². The maximum absolute atomic E-state index is 10.9. The van der Waals surface area contributed by atoms with Gasteiger partial charge in [0.2, 0.25) is 0 Å². The standard InChI is InChI=1S/C26H19ClN4O3S/c27-23-12-18(31(32)33)6-8-21(23)24-9-7-19(34-24)14-29-26-22(13-28)20-10-11-30(16-25(20)35-26)15-17-4-2-1-3-5-17/h1-9,12,14H,10-11,15-16H2. The van der Waals surface area contributed by atoms with E-state index < -0.39 is 4.92 Å². The van der Waals surface area contributed by atoms with E-state index in [9.17, 15) is 15.4 Å². The molecule has 7 nitrogen and oxygen atoms in total. The number of hydrogen-bond donors (Lipinski definition) is 0. The second kappa shape index (κ2) is 9.84. The van der Waals surface area contributed by atoms with E-state index in [-0.39, 0.29) is 10.7 Å². The number of halogens is 1. The molecule has 0 saturated carbocycles. The Bertz CT molecular complexity index is 1470. The molecule has 0 saturated heterocycles. The van der Waals surface area contributed by atoms with Crippen LogP contribution in [0.3, 0.4) is 0 Å². The monoisotopic (exact) mass is 502 g/mol. The molecule has 3 heterocycles. The summed E-state index contributed by atoms with van der Waals surface area (Å²) in [5, 5.41) is 21.6. The minimum absolute atomic E-state index is 0.0832. The van der Waals surface area contributed by atoms with Gasteiger partial charge in [0, 0.05) is 42.2 Å². The number of thiophene rings is 1. The number of furan rings is 1. The molecule has 0 fully saturated rings. The van der Waals surface area contributed by atoms with Crippen molar-refractivity contribution < 1.29 is 9.34 Å². The van der Waals surface area contributed by atoms with Crippen LogP contribution in [-0.4, -0.2) is 22.6 Å². The summed E-state index contributed by atoms with van der Waals surface area (Å²) < 4.78 is 5.84. The highest BCUT2D eigenvalue weighted by Gasteiger charge is 2.24. The van der Waals surface area contributed by atoms with Gasteiger partial charge in [-0.15, -0.1) is 11.3 Å². The van der Waals surface area contributed by atoms with Crippen LogP contribution in [0.1, 0.15) is 27.3 Å². The van der Waals surface area contributed by atoms with Crippen LogP contribution >= 0.6 is 22.9 Å². The van der Waals surface area contributed by atoms with E-state index in [1.54, 1.807) is 35.8 Å². The minimum atomic E-state index is -0.496. The molecule has 2 aromatic carbocycles. The van der Waals surface area contributed by atoms with Crippen LogP contribution in [0.5, 0.6) is 0 Å². The number of rotatable bonds is 6. The average molecular weight is 503 g/mol. The third kappa shape index (κ3) is 4.88. The van der Waals surface area contributed by atoms with Gasteiger partial charge >= 0.3 is 0 Å². The Hall–Kier alpha value is -3.77. The smallest absolute Gasteiger partial charge is 0.270 e. The molecule has 5 rings (SSSR count). The van der Waals surface area contributed by atoms with E-state index in [0.717, 1.165) is 31.6 Å². The number of non-ortho nitro benzene ring substituents is 1. The summed E-state index contributed by atoms with van der Waals surface area (Å²) in [5.74, 6) is 0.976. The van der Waals surface area contributed by atoms with Crippen LogP contribution in [0.25, 0.3) is 11.3 Å². The van der Waals surface area contributed by atoms with Crippen molar-refractivity contribution in [2.24, 2.45) is 4.99 Å². The van der Waals surface area contributed by atoms with Crippen LogP contribution in [0, 0.1) is 21.4 Å². The van der Waals surface area contributed by atoms with Crippen molar-refractivity contribution in [1.82, 2.24) is 4.90 Å². The van der Waals surface area contributed by atoms with Crippen LogP contribution in [0.15, 0.2) is 70.1 Å². The lowest BCUT2D eigenvalue weighted by Gasteiger charge is -2.26. The van der Waals surface area contributed by atoms with Gasteiger partial charge < -0.3 is 4.42 Å². The Kier molecular flexibility index (Phi) is 6.47. The molecular formula is C26H19ClN4O3S. The fraction of sp³-hybridized carbons (Fsp3) is 0.154. The molecule has 0 unspecified atom stereocenters. The van der Waals surface area contributed by atoms with Gasteiger partial charge in [0.25, 0.3) is 5.69 Å². The number of nitro groups is 1. The zero-order valence-electron chi connectivity index (χ0n) is 18.5. The van der Waals surface area contributed by atoms with Gasteiger partial charge in [-0.05, 0) is 35.7 Å². The number of fused-ring (bicyclic) bond motifs is 1. The van der Waals surface area contributed by atoms with Crippen molar-refractivity contribution >= 4 is 39.8 Å². The number of nitrogens with zero attached hydrogens (tertiary/aromatic N) is 4. The second-order valence-corrected chi connectivity index (χ2v) is 9.61.